The third-order valence-corrected chi connectivity index (χ3v) is 4.25. The minimum atomic E-state index is -1.82. The summed E-state index contributed by atoms with van der Waals surface area (Å²) in [6.07, 6.45) is 0.432. The summed E-state index contributed by atoms with van der Waals surface area (Å²) in [7, 11) is -1.82. The Bertz CT molecular complexity index is 1040. The van der Waals surface area contributed by atoms with Gasteiger partial charge in [0.2, 0.25) is 0 Å². The topological polar surface area (TPSA) is 117 Å². The maximum absolute atomic E-state index is 13.8. The number of halogens is 1. The molecule has 0 saturated heterocycles. The fourth-order valence-electron chi connectivity index (χ4n) is 2.65. The van der Waals surface area contributed by atoms with E-state index in [-0.39, 0.29) is 34.8 Å². The molecule has 2 aromatic carbocycles. The monoisotopic (exact) mass is 382 g/mol. The van der Waals surface area contributed by atoms with Crippen molar-refractivity contribution in [1.29, 1.82) is 0 Å². The molecule has 0 aliphatic carbocycles. The first-order valence-electron chi connectivity index (χ1n) is 8.30. The van der Waals surface area contributed by atoms with Gasteiger partial charge in [-0.25, -0.2) is 9.07 Å². The molecule has 3 rings (SSSR count). The molecule has 8 nitrogen and oxygen atoms in total. The third kappa shape index (κ3) is 3.97. The van der Waals surface area contributed by atoms with Gasteiger partial charge in [-0.1, -0.05) is 29.5 Å². The molecule has 0 unspecified atom stereocenters. The summed E-state index contributed by atoms with van der Waals surface area (Å²) < 4.78 is 15.3. The molecule has 0 fully saturated rings. The van der Waals surface area contributed by atoms with E-state index in [1.54, 1.807) is 25.1 Å². The van der Waals surface area contributed by atoms with Crippen molar-refractivity contribution in [3.63, 3.8) is 0 Å². The first kappa shape index (κ1) is 19.4. The van der Waals surface area contributed by atoms with E-state index in [4.69, 9.17) is 0 Å². The number of nitrogens with zero attached hydrogens (tertiary/aromatic N) is 3. The van der Waals surface area contributed by atoms with Crippen LogP contribution in [0.1, 0.15) is 32.0 Å². The number of hydrogen-bond acceptors (Lipinski definition) is 6. The Kier molecular flexibility index (Phi) is 5.62. The predicted octanol–water partition coefficient (Wildman–Crippen LogP) is 0.519. The molecule has 0 atom stereocenters. The van der Waals surface area contributed by atoms with Gasteiger partial charge in [-0.2, -0.15) is 0 Å². The van der Waals surface area contributed by atoms with Gasteiger partial charge in [-0.15, -0.1) is 5.10 Å². The van der Waals surface area contributed by atoms with E-state index in [0.717, 1.165) is 0 Å². The summed E-state index contributed by atoms with van der Waals surface area (Å²) in [4.78, 5) is 23.6. The van der Waals surface area contributed by atoms with Crippen molar-refractivity contribution in [1.82, 2.24) is 15.0 Å². The molecule has 10 heteroatoms. The van der Waals surface area contributed by atoms with Crippen LogP contribution in [-0.2, 0) is 6.54 Å². The lowest BCUT2D eigenvalue weighted by Gasteiger charge is -2.08. The van der Waals surface area contributed by atoms with Crippen LogP contribution in [0.25, 0.3) is 0 Å². The van der Waals surface area contributed by atoms with Gasteiger partial charge in [-0.05, 0) is 30.6 Å². The highest BCUT2D eigenvalue weighted by Gasteiger charge is 2.19. The Morgan fingerprint density at radius 3 is 2.71 bits per heavy atom. The second-order valence-corrected chi connectivity index (χ2v) is 6.06. The lowest BCUT2D eigenvalue weighted by atomic mass is 9.77. The highest BCUT2D eigenvalue weighted by Crippen LogP contribution is 2.15. The molecule has 0 saturated carbocycles. The summed E-state index contributed by atoms with van der Waals surface area (Å²) in [5.74, 6) is -0.723. The van der Waals surface area contributed by atoms with Crippen LogP contribution in [-0.4, -0.2) is 44.4 Å². The average molecular weight is 382 g/mol. The zero-order valence-electron chi connectivity index (χ0n) is 14.8. The Morgan fingerprint density at radius 1 is 1.29 bits per heavy atom. The summed E-state index contributed by atoms with van der Waals surface area (Å²) >= 11 is 0. The number of benzene rings is 2. The molecule has 0 bridgehead atoms. The van der Waals surface area contributed by atoms with Crippen LogP contribution < -0.4 is 10.8 Å². The van der Waals surface area contributed by atoms with Crippen LogP contribution >= 0.6 is 0 Å². The van der Waals surface area contributed by atoms with Crippen molar-refractivity contribution < 1.29 is 24.0 Å². The largest absolute Gasteiger partial charge is 0.489 e. The van der Waals surface area contributed by atoms with E-state index < -0.39 is 13.0 Å². The fourth-order valence-corrected chi connectivity index (χ4v) is 2.65. The number of carbonyl (C=O) groups excluding carboxylic acids is 2. The standard InChI is InChI=1S/C18H16BFN4O4/c1-11-17(22-23-24(11)9-13-4-2-3-5-16(13)20)21-18(26)12-6-7-15(19(27)28)14(8-12)10-25/h2-8,10,27-28H,9H2,1H3,(H,21,26). The van der Waals surface area contributed by atoms with Gasteiger partial charge in [0.15, 0.2) is 5.82 Å². The minimum Gasteiger partial charge on any atom is -0.423 e. The number of aromatic nitrogens is 3. The van der Waals surface area contributed by atoms with Crippen LogP contribution in [0.2, 0.25) is 0 Å². The Balaban J connectivity index is 1.79. The van der Waals surface area contributed by atoms with Crippen molar-refractivity contribution >= 4 is 30.6 Å². The van der Waals surface area contributed by atoms with Crippen molar-refractivity contribution in [2.45, 2.75) is 13.5 Å². The highest BCUT2D eigenvalue weighted by molar-refractivity contribution is 6.60. The number of amides is 1. The molecule has 3 aromatic rings. The number of aldehydes is 1. The first-order valence-corrected chi connectivity index (χ1v) is 8.30. The number of hydrogen-bond donors (Lipinski definition) is 3. The number of rotatable bonds is 6. The predicted molar refractivity (Wildman–Crippen MR) is 99.9 cm³/mol. The SMILES string of the molecule is Cc1c(NC(=O)c2ccc(B(O)O)c(C=O)c2)nnn1Cc1ccccc1F. The van der Waals surface area contributed by atoms with Crippen molar-refractivity contribution in [3.8, 4) is 0 Å². The molecule has 0 aliphatic rings. The minimum absolute atomic E-state index is 0.00133. The first-order chi connectivity index (χ1) is 13.4. The van der Waals surface area contributed by atoms with Crippen LogP contribution in [0.15, 0.2) is 42.5 Å². The third-order valence-electron chi connectivity index (χ3n) is 4.25. The molecule has 1 heterocycles. The summed E-state index contributed by atoms with van der Waals surface area (Å²) in [5, 5.41) is 28.9. The van der Waals surface area contributed by atoms with Gasteiger partial charge in [0.25, 0.3) is 5.91 Å². The van der Waals surface area contributed by atoms with E-state index in [1.165, 1.54) is 28.9 Å². The van der Waals surface area contributed by atoms with Gasteiger partial charge in [-0.3, -0.25) is 9.59 Å². The van der Waals surface area contributed by atoms with Crippen LogP contribution in [0, 0.1) is 12.7 Å². The molecule has 0 spiro atoms. The molecule has 1 aromatic heterocycles. The fraction of sp³-hybridized carbons (Fsp3) is 0.111. The Hall–Kier alpha value is -3.37. The quantitative estimate of drug-likeness (QED) is 0.423. The van der Waals surface area contributed by atoms with Gasteiger partial charge in [0.1, 0.15) is 12.1 Å². The van der Waals surface area contributed by atoms with Crippen molar-refractivity contribution in [2.24, 2.45) is 0 Å². The van der Waals surface area contributed by atoms with E-state index >= 15 is 0 Å². The molecule has 0 aliphatic heterocycles. The summed E-state index contributed by atoms with van der Waals surface area (Å²) in [6, 6.07) is 10.2. The molecular weight excluding hydrogens is 366 g/mol. The molecule has 142 valence electrons. The maximum atomic E-state index is 13.8. The zero-order chi connectivity index (χ0) is 20.3. The maximum Gasteiger partial charge on any atom is 0.489 e. The van der Waals surface area contributed by atoms with Crippen LogP contribution in [0.4, 0.5) is 10.2 Å². The lowest BCUT2D eigenvalue weighted by Crippen LogP contribution is -2.33. The highest BCUT2D eigenvalue weighted by atomic mass is 19.1. The zero-order valence-corrected chi connectivity index (χ0v) is 14.8. The molecule has 28 heavy (non-hydrogen) atoms. The summed E-state index contributed by atoms with van der Waals surface area (Å²) in [5.41, 5.74) is 1.08. The van der Waals surface area contributed by atoms with E-state index in [2.05, 4.69) is 15.6 Å². The Morgan fingerprint density at radius 2 is 2.04 bits per heavy atom. The molecule has 0 radical (unpaired) electrons. The number of anilines is 1. The second-order valence-electron chi connectivity index (χ2n) is 6.06. The van der Waals surface area contributed by atoms with E-state index in [9.17, 15) is 24.0 Å². The number of carbonyl (C=O) groups is 2. The smallest absolute Gasteiger partial charge is 0.423 e. The number of nitrogens with one attached hydrogen (secondary N) is 1. The van der Waals surface area contributed by atoms with Gasteiger partial charge in [0, 0.05) is 16.7 Å². The normalized spacial score (nSPS) is 10.6. The van der Waals surface area contributed by atoms with Crippen molar-refractivity contribution in [2.75, 3.05) is 5.32 Å². The second kappa shape index (κ2) is 8.11. The van der Waals surface area contributed by atoms with E-state index in [0.29, 0.717) is 17.5 Å². The van der Waals surface area contributed by atoms with Gasteiger partial charge < -0.3 is 15.4 Å². The lowest BCUT2D eigenvalue weighted by molar-refractivity contribution is 0.102. The van der Waals surface area contributed by atoms with Crippen molar-refractivity contribution in [3.05, 3.63) is 70.7 Å². The van der Waals surface area contributed by atoms with Gasteiger partial charge >= 0.3 is 7.12 Å². The molecular formula is C18H16BFN4O4. The van der Waals surface area contributed by atoms with Crippen LogP contribution in [0.3, 0.4) is 0 Å². The van der Waals surface area contributed by atoms with Gasteiger partial charge in [0.05, 0.1) is 12.2 Å². The molecule has 3 N–H and O–H groups in total. The molecule has 1 amide bonds. The average Bonchev–Trinajstić information content (AvgIpc) is 3.02. The van der Waals surface area contributed by atoms with E-state index in [1.807, 2.05) is 0 Å². The Labute approximate surface area is 159 Å². The summed E-state index contributed by atoms with van der Waals surface area (Å²) in [6.45, 7) is 1.83. The van der Waals surface area contributed by atoms with Crippen LogP contribution in [0.5, 0.6) is 0 Å².